The zero-order chi connectivity index (χ0) is 17.9. The molecule has 1 amide bonds. The smallest absolute Gasteiger partial charge is 0.340 e. The van der Waals surface area contributed by atoms with Gasteiger partial charge in [-0.3, -0.25) is 4.79 Å². The number of rotatable bonds is 5. The quantitative estimate of drug-likeness (QED) is 0.500. The molecule has 2 aromatic heterocycles. The Morgan fingerprint density at radius 1 is 1.33 bits per heavy atom. The molecule has 2 N–H and O–H groups in total. The molecule has 0 aliphatic carbocycles. The van der Waals surface area contributed by atoms with Crippen LogP contribution in [0.25, 0.3) is 0 Å². The number of hydrazone groups is 1. The molecular weight excluding hydrogens is 310 g/mol. The number of H-pyrrole nitrogens is 1. The lowest BCUT2D eigenvalue weighted by Gasteiger charge is -2.03. The first-order valence-corrected chi connectivity index (χ1v) is 7.62. The summed E-state index contributed by atoms with van der Waals surface area (Å²) in [5.74, 6) is -0.204. The van der Waals surface area contributed by atoms with E-state index >= 15 is 0 Å². The summed E-state index contributed by atoms with van der Waals surface area (Å²) in [5, 5.41) is 4.10. The van der Waals surface area contributed by atoms with Crippen LogP contribution in [-0.2, 0) is 4.74 Å². The Hall–Kier alpha value is -2.83. The number of carbonyl (C=O) groups is 2. The number of hydrogen-bond donors (Lipinski definition) is 2. The molecule has 128 valence electrons. The predicted molar refractivity (Wildman–Crippen MR) is 89.3 cm³/mol. The molecule has 0 unspecified atom stereocenters. The minimum Gasteiger partial charge on any atom is -0.469 e. The van der Waals surface area contributed by atoms with Crippen LogP contribution in [0, 0.1) is 20.8 Å². The second-order valence-corrected chi connectivity index (χ2v) is 5.37. The molecule has 0 bridgehead atoms. The Kier molecular flexibility index (Phi) is 5.23. The van der Waals surface area contributed by atoms with Gasteiger partial charge in [-0.05, 0) is 46.2 Å². The lowest BCUT2D eigenvalue weighted by atomic mass is 10.1. The van der Waals surface area contributed by atoms with Gasteiger partial charge >= 0.3 is 5.97 Å². The Labute approximate surface area is 140 Å². The average Bonchev–Trinajstić information content (AvgIpc) is 3.08. The molecule has 0 saturated carbocycles. The summed E-state index contributed by atoms with van der Waals surface area (Å²) in [7, 11) is 0. The molecule has 0 atom stereocenters. The maximum atomic E-state index is 12.1. The number of aromatic nitrogens is 1. The number of nitrogens with zero attached hydrogens (tertiary/aromatic N) is 1. The van der Waals surface area contributed by atoms with Crippen molar-refractivity contribution in [2.75, 3.05) is 6.61 Å². The summed E-state index contributed by atoms with van der Waals surface area (Å²) in [5.41, 5.74) is 6.09. The van der Waals surface area contributed by atoms with Gasteiger partial charge in [-0.15, -0.1) is 0 Å². The van der Waals surface area contributed by atoms with Gasteiger partial charge in [0.25, 0.3) is 5.91 Å². The van der Waals surface area contributed by atoms with Gasteiger partial charge in [0.1, 0.15) is 5.76 Å². The van der Waals surface area contributed by atoms with E-state index in [9.17, 15) is 9.59 Å². The third-order valence-corrected chi connectivity index (χ3v) is 3.71. The van der Waals surface area contributed by atoms with E-state index in [1.807, 2.05) is 6.92 Å². The summed E-state index contributed by atoms with van der Waals surface area (Å²) in [4.78, 5) is 27.2. The molecule has 2 heterocycles. The zero-order valence-electron chi connectivity index (χ0n) is 14.4. The summed E-state index contributed by atoms with van der Waals surface area (Å²) >= 11 is 0. The molecule has 7 heteroatoms. The highest BCUT2D eigenvalue weighted by Gasteiger charge is 2.20. The van der Waals surface area contributed by atoms with Crippen LogP contribution in [0.3, 0.4) is 0 Å². The minimum absolute atomic E-state index is 0.311. The largest absolute Gasteiger partial charge is 0.469 e. The van der Waals surface area contributed by atoms with Crippen molar-refractivity contribution in [1.82, 2.24) is 10.4 Å². The molecule has 0 radical (unpaired) electrons. The Bertz CT molecular complexity index is 799. The maximum absolute atomic E-state index is 12.1. The molecule has 7 nitrogen and oxygen atoms in total. The van der Waals surface area contributed by atoms with E-state index in [0.717, 1.165) is 5.56 Å². The van der Waals surface area contributed by atoms with Crippen molar-refractivity contribution in [3.8, 4) is 0 Å². The molecule has 2 rings (SSSR count). The number of aromatic amines is 1. The first-order chi connectivity index (χ1) is 11.4. The SMILES string of the molecule is CCOC(=O)c1c(C)[nH]c(/C(C)=N/NC(=O)c2ccoc2C)c1C. The van der Waals surface area contributed by atoms with E-state index in [4.69, 9.17) is 9.15 Å². The van der Waals surface area contributed by atoms with Crippen molar-refractivity contribution < 1.29 is 18.7 Å². The molecule has 0 aromatic carbocycles. The van der Waals surface area contributed by atoms with Crippen LogP contribution in [0.4, 0.5) is 0 Å². The van der Waals surface area contributed by atoms with Gasteiger partial charge in [-0.25, -0.2) is 10.2 Å². The Morgan fingerprint density at radius 2 is 2.04 bits per heavy atom. The predicted octanol–water partition coefficient (Wildman–Crippen LogP) is 2.86. The van der Waals surface area contributed by atoms with Crippen molar-refractivity contribution in [2.24, 2.45) is 5.10 Å². The van der Waals surface area contributed by atoms with E-state index in [-0.39, 0.29) is 11.9 Å². The van der Waals surface area contributed by atoms with Crippen LogP contribution < -0.4 is 5.43 Å². The number of furan rings is 1. The number of amides is 1. The molecule has 0 fully saturated rings. The number of aryl methyl sites for hydroxylation is 2. The van der Waals surface area contributed by atoms with Crippen molar-refractivity contribution in [3.63, 3.8) is 0 Å². The second-order valence-electron chi connectivity index (χ2n) is 5.37. The van der Waals surface area contributed by atoms with Gasteiger partial charge in [0.05, 0.1) is 35.4 Å². The fraction of sp³-hybridized carbons (Fsp3) is 0.353. The van der Waals surface area contributed by atoms with Gasteiger partial charge in [0.2, 0.25) is 0 Å². The van der Waals surface area contributed by atoms with Crippen molar-refractivity contribution >= 4 is 17.6 Å². The maximum Gasteiger partial charge on any atom is 0.340 e. The fourth-order valence-electron chi connectivity index (χ4n) is 2.49. The highest BCUT2D eigenvalue weighted by molar-refractivity contribution is 6.04. The summed E-state index contributed by atoms with van der Waals surface area (Å²) in [6.07, 6.45) is 1.45. The normalized spacial score (nSPS) is 11.5. The van der Waals surface area contributed by atoms with Crippen molar-refractivity contribution in [3.05, 3.63) is 46.2 Å². The summed E-state index contributed by atoms with van der Waals surface area (Å²) in [6, 6.07) is 1.58. The van der Waals surface area contributed by atoms with Crippen LogP contribution >= 0.6 is 0 Å². The van der Waals surface area contributed by atoms with Crippen LogP contribution in [-0.4, -0.2) is 29.2 Å². The highest BCUT2D eigenvalue weighted by Crippen LogP contribution is 2.19. The standard InChI is InChI=1S/C17H21N3O4/c1-6-23-17(22)14-9(2)15(18-10(14)3)11(4)19-20-16(21)13-7-8-24-12(13)5/h7-8,18H,6H2,1-5H3,(H,20,21)/b19-11+. The van der Waals surface area contributed by atoms with Crippen molar-refractivity contribution in [1.29, 1.82) is 0 Å². The van der Waals surface area contributed by atoms with Crippen LogP contribution in [0.2, 0.25) is 0 Å². The molecule has 0 aliphatic heterocycles. The molecule has 24 heavy (non-hydrogen) atoms. The monoisotopic (exact) mass is 331 g/mol. The molecular formula is C17H21N3O4. The third-order valence-electron chi connectivity index (χ3n) is 3.71. The van der Waals surface area contributed by atoms with Gasteiger partial charge in [0, 0.05) is 5.69 Å². The third kappa shape index (κ3) is 3.40. The van der Waals surface area contributed by atoms with E-state index in [0.29, 0.717) is 40.6 Å². The second kappa shape index (κ2) is 7.16. The lowest BCUT2D eigenvalue weighted by Crippen LogP contribution is -2.19. The van der Waals surface area contributed by atoms with E-state index in [1.165, 1.54) is 6.26 Å². The summed E-state index contributed by atoms with van der Waals surface area (Å²) < 4.78 is 10.2. The van der Waals surface area contributed by atoms with Crippen LogP contribution in [0.5, 0.6) is 0 Å². The Morgan fingerprint density at radius 3 is 2.62 bits per heavy atom. The lowest BCUT2D eigenvalue weighted by molar-refractivity contribution is 0.0525. The zero-order valence-corrected chi connectivity index (χ0v) is 14.4. The Balaban J connectivity index is 2.22. The number of esters is 1. The average molecular weight is 331 g/mol. The van der Waals surface area contributed by atoms with Gasteiger partial charge in [-0.2, -0.15) is 5.10 Å². The number of hydrogen-bond acceptors (Lipinski definition) is 5. The topological polar surface area (TPSA) is 96.7 Å². The van der Waals surface area contributed by atoms with Gasteiger partial charge in [-0.1, -0.05) is 0 Å². The van der Waals surface area contributed by atoms with Crippen molar-refractivity contribution in [2.45, 2.75) is 34.6 Å². The molecule has 2 aromatic rings. The molecule has 0 saturated heterocycles. The minimum atomic E-state index is -0.374. The van der Waals surface area contributed by atoms with E-state index in [2.05, 4.69) is 15.5 Å². The molecule has 0 spiro atoms. The summed E-state index contributed by atoms with van der Waals surface area (Å²) in [6.45, 7) is 9.13. The van der Waals surface area contributed by atoms with E-state index in [1.54, 1.807) is 33.8 Å². The first-order valence-electron chi connectivity index (χ1n) is 7.62. The van der Waals surface area contributed by atoms with E-state index < -0.39 is 0 Å². The van der Waals surface area contributed by atoms with Crippen LogP contribution in [0.1, 0.15) is 57.3 Å². The number of nitrogens with one attached hydrogen (secondary N) is 2. The van der Waals surface area contributed by atoms with Gasteiger partial charge in [0.15, 0.2) is 0 Å². The van der Waals surface area contributed by atoms with Gasteiger partial charge < -0.3 is 14.1 Å². The first kappa shape index (κ1) is 17.5. The van der Waals surface area contributed by atoms with Crippen LogP contribution in [0.15, 0.2) is 21.8 Å². The number of carbonyl (C=O) groups excluding carboxylic acids is 2. The highest BCUT2D eigenvalue weighted by atomic mass is 16.5. The number of ether oxygens (including phenoxy) is 1. The molecule has 0 aliphatic rings. The fourth-order valence-corrected chi connectivity index (χ4v) is 2.49.